The smallest absolute Gasteiger partial charge is 0.416 e. The van der Waals surface area contributed by atoms with Crippen molar-refractivity contribution in [3.05, 3.63) is 64.5 Å². The van der Waals surface area contributed by atoms with Gasteiger partial charge in [-0.25, -0.2) is 0 Å². The molecule has 2 aliphatic rings. The molecule has 1 aromatic heterocycles. The number of carbonyl (C=O) groups is 2. The van der Waals surface area contributed by atoms with E-state index in [1.165, 1.54) is 19.2 Å². The molecule has 1 N–H and O–H groups in total. The molecule has 0 saturated carbocycles. The monoisotopic (exact) mass is 519 g/mol. The van der Waals surface area contributed by atoms with Gasteiger partial charge in [0.05, 0.1) is 35.4 Å². The van der Waals surface area contributed by atoms with Crippen molar-refractivity contribution in [1.29, 1.82) is 0 Å². The van der Waals surface area contributed by atoms with Crippen LogP contribution in [0.5, 0.6) is 0 Å². The Labute approximate surface area is 214 Å². The Morgan fingerprint density at radius 1 is 1.22 bits per heavy atom. The van der Waals surface area contributed by atoms with E-state index in [4.69, 9.17) is 9.47 Å². The summed E-state index contributed by atoms with van der Waals surface area (Å²) >= 11 is 0. The van der Waals surface area contributed by atoms with Crippen LogP contribution in [0.1, 0.15) is 65.5 Å². The van der Waals surface area contributed by atoms with Gasteiger partial charge in [0.15, 0.2) is 0 Å². The van der Waals surface area contributed by atoms with E-state index in [0.29, 0.717) is 44.7 Å². The van der Waals surface area contributed by atoms with Crippen LogP contribution in [0, 0.1) is 11.3 Å². The number of fused-ring (bicyclic) bond motifs is 1. The van der Waals surface area contributed by atoms with Crippen LogP contribution in [0.15, 0.2) is 36.5 Å². The van der Waals surface area contributed by atoms with Crippen LogP contribution in [0.2, 0.25) is 0 Å². The number of halogens is 3. The summed E-state index contributed by atoms with van der Waals surface area (Å²) in [6, 6.07) is 6.99. The number of alkyl halides is 3. The molecule has 37 heavy (non-hydrogen) atoms. The van der Waals surface area contributed by atoms with E-state index in [1.807, 2.05) is 6.07 Å². The molecule has 0 bridgehead atoms. The van der Waals surface area contributed by atoms with Gasteiger partial charge >= 0.3 is 12.1 Å². The van der Waals surface area contributed by atoms with Gasteiger partial charge < -0.3 is 14.8 Å². The summed E-state index contributed by atoms with van der Waals surface area (Å²) in [6.07, 6.45) is -1.89. The van der Waals surface area contributed by atoms with E-state index < -0.39 is 17.2 Å². The lowest BCUT2D eigenvalue weighted by atomic mass is 9.80. The van der Waals surface area contributed by atoms with Crippen LogP contribution in [0.3, 0.4) is 0 Å². The average Bonchev–Trinajstić information content (AvgIpc) is 3.24. The number of methoxy groups -OCH3 is 1. The minimum atomic E-state index is -4.37. The number of nitrogens with zero attached hydrogens (tertiary/aromatic N) is 2. The van der Waals surface area contributed by atoms with Crippen LogP contribution < -0.4 is 5.32 Å². The maximum atomic E-state index is 13.0. The molecule has 0 spiro atoms. The first-order chi connectivity index (χ1) is 17.5. The summed E-state index contributed by atoms with van der Waals surface area (Å²) < 4.78 is 49.2. The highest BCUT2D eigenvalue weighted by Gasteiger charge is 2.42. The van der Waals surface area contributed by atoms with Gasteiger partial charge in [-0.3, -0.25) is 19.5 Å². The molecule has 7 nitrogen and oxygen atoms in total. The van der Waals surface area contributed by atoms with E-state index in [-0.39, 0.29) is 30.4 Å². The molecule has 3 heterocycles. The zero-order valence-electron chi connectivity index (χ0n) is 21.2. The zero-order chi connectivity index (χ0) is 26.8. The van der Waals surface area contributed by atoms with Crippen molar-refractivity contribution in [3.8, 4) is 0 Å². The second-order valence-electron chi connectivity index (χ2n) is 10.1. The van der Waals surface area contributed by atoms with Gasteiger partial charge in [0, 0.05) is 39.0 Å². The molecule has 1 fully saturated rings. The minimum absolute atomic E-state index is 0.0285. The standard InChI is InChI=1S/C27H32F3N3O4/c1-17(2)23-22-20(15-33(23)14-18-4-6-21(7-5-18)27(28,29)30)12-19(13-31-22)24(34)32-16-26(25(35)36-3)8-10-37-11-9-26/h4-7,12-13,17,23H,8-11,14-16H2,1-3H3,(H,32,34)/t23-/m0/s1. The van der Waals surface area contributed by atoms with Crippen molar-refractivity contribution in [1.82, 2.24) is 15.2 Å². The largest absolute Gasteiger partial charge is 0.469 e. The Kier molecular flexibility index (Phi) is 7.89. The topological polar surface area (TPSA) is 80.8 Å². The molecular formula is C27H32F3N3O4. The molecule has 0 aliphatic carbocycles. The van der Waals surface area contributed by atoms with Gasteiger partial charge in [0.1, 0.15) is 0 Å². The van der Waals surface area contributed by atoms with Crippen LogP contribution in [-0.2, 0) is 33.5 Å². The number of rotatable bonds is 7. The fourth-order valence-corrected chi connectivity index (χ4v) is 5.24. The van der Waals surface area contributed by atoms with Gasteiger partial charge in [0.2, 0.25) is 0 Å². The van der Waals surface area contributed by atoms with E-state index in [2.05, 4.69) is 29.0 Å². The Morgan fingerprint density at radius 2 is 1.89 bits per heavy atom. The van der Waals surface area contributed by atoms with Crippen LogP contribution in [0.25, 0.3) is 0 Å². The van der Waals surface area contributed by atoms with Crippen molar-refractivity contribution >= 4 is 11.9 Å². The fraction of sp³-hybridized carbons (Fsp3) is 0.519. The van der Waals surface area contributed by atoms with Crippen LogP contribution >= 0.6 is 0 Å². The fourth-order valence-electron chi connectivity index (χ4n) is 5.24. The molecule has 1 amide bonds. The maximum Gasteiger partial charge on any atom is 0.416 e. The van der Waals surface area contributed by atoms with Crippen molar-refractivity contribution in [2.24, 2.45) is 11.3 Å². The van der Waals surface area contributed by atoms with Crippen molar-refractivity contribution < 1.29 is 32.2 Å². The predicted octanol–water partition coefficient (Wildman–Crippen LogP) is 4.51. The maximum absolute atomic E-state index is 13.0. The number of aromatic nitrogens is 1. The lowest BCUT2D eigenvalue weighted by Crippen LogP contribution is -2.47. The third-order valence-electron chi connectivity index (χ3n) is 7.26. The van der Waals surface area contributed by atoms with Gasteiger partial charge in [-0.15, -0.1) is 0 Å². The number of carbonyl (C=O) groups excluding carboxylic acids is 2. The highest BCUT2D eigenvalue weighted by Crippen LogP contribution is 2.39. The first kappa shape index (κ1) is 27.1. The molecule has 2 aromatic rings. The molecule has 0 radical (unpaired) electrons. The van der Waals surface area contributed by atoms with E-state index >= 15 is 0 Å². The number of ether oxygens (including phenoxy) is 2. The molecule has 1 aromatic carbocycles. The molecule has 1 saturated heterocycles. The third-order valence-corrected chi connectivity index (χ3v) is 7.26. The molecule has 10 heteroatoms. The Hall–Kier alpha value is -2.98. The number of hydrogen-bond donors (Lipinski definition) is 1. The Balaban J connectivity index is 1.47. The number of benzene rings is 1. The molecule has 2 aliphatic heterocycles. The van der Waals surface area contributed by atoms with Gasteiger partial charge in [-0.2, -0.15) is 13.2 Å². The molecule has 4 rings (SSSR count). The molecule has 200 valence electrons. The van der Waals surface area contributed by atoms with Crippen molar-refractivity contribution in [2.45, 2.75) is 52.0 Å². The summed E-state index contributed by atoms with van der Waals surface area (Å²) in [5.41, 5.74) is 1.46. The van der Waals surface area contributed by atoms with E-state index in [1.54, 1.807) is 6.20 Å². The number of esters is 1. The van der Waals surface area contributed by atoms with Crippen LogP contribution in [0.4, 0.5) is 13.2 Å². The zero-order valence-corrected chi connectivity index (χ0v) is 21.2. The van der Waals surface area contributed by atoms with Crippen LogP contribution in [-0.4, -0.2) is 48.6 Å². The molecule has 1 atom stereocenters. The first-order valence-corrected chi connectivity index (χ1v) is 12.4. The number of amides is 1. The summed E-state index contributed by atoms with van der Waals surface area (Å²) in [4.78, 5) is 32.2. The number of nitrogens with one attached hydrogen (secondary N) is 1. The predicted molar refractivity (Wildman–Crippen MR) is 129 cm³/mol. The summed E-state index contributed by atoms with van der Waals surface area (Å²) in [7, 11) is 1.34. The summed E-state index contributed by atoms with van der Waals surface area (Å²) in [5.74, 6) is -0.481. The van der Waals surface area contributed by atoms with Gasteiger partial charge in [0.25, 0.3) is 5.91 Å². The van der Waals surface area contributed by atoms with E-state index in [9.17, 15) is 22.8 Å². The van der Waals surface area contributed by atoms with E-state index in [0.717, 1.165) is 29.0 Å². The SMILES string of the molecule is COC(=O)C1(CNC(=O)c2cnc3c(c2)CN(Cc2ccc(C(F)(F)F)cc2)[C@H]3C(C)C)CCOCC1. The second-order valence-corrected chi connectivity index (χ2v) is 10.1. The Morgan fingerprint density at radius 3 is 2.49 bits per heavy atom. The van der Waals surface area contributed by atoms with Crippen molar-refractivity contribution in [2.75, 3.05) is 26.9 Å². The molecular weight excluding hydrogens is 487 g/mol. The summed E-state index contributed by atoms with van der Waals surface area (Å²) in [6.45, 7) is 6.13. The highest BCUT2D eigenvalue weighted by molar-refractivity contribution is 5.94. The minimum Gasteiger partial charge on any atom is -0.469 e. The van der Waals surface area contributed by atoms with Gasteiger partial charge in [-0.1, -0.05) is 26.0 Å². The van der Waals surface area contributed by atoms with Gasteiger partial charge in [-0.05, 0) is 48.1 Å². The number of pyridine rings is 1. The first-order valence-electron chi connectivity index (χ1n) is 12.4. The quantitative estimate of drug-likeness (QED) is 0.542. The second kappa shape index (κ2) is 10.8. The third kappa shape index (κ3) is 5.80. The van der Waals surface area contributed by atoms with Crippen molar-refractivity contribution in [3.63, 3.8) is 0 Å². The molecule has 0 unspecified atom stereocenters. The Bertz CT molecular complexity index is 1130. The lowest BCUT2D eigenvalue weighted by molar-refractivity contribution is -0.158. The normalized spacial score (nSPS) is 19.5. The average molecular weight is 520 g/mol. The number of hydrogen-bond acceptors (Lipinski definition) is 6. The lowest BCUT2D eigenvalue weighted by Gasteiger charge is -2.34. The summed E-state index contributed by atoms with van der Waals surface area (Å²) in [5, 5.41) is 2.88. The highest BCUT2D eigenvalue weighted by atomic mass is 19.4.